The molecule has 0 aromatic heterocycles. The van der Waals surface area contributed by atoms with E-state index in [0.29, 0.717) is 0 Å². The second-order valence-electron chi connectivity index (χ2n) is 4.01. The van der Waals surface area contributed by atoms with Gasteiger partial charge in [0.05, 0.1) is 0 Å². The molecular weight excluding hydrogens is 134 g/mol. The molecule has 1 aliphatic heterocycles. The molecule has 0 spiro atoms. The van der Waals surface area contributed by atoms with E-state index in [4.69, 9.17) is 0 Å². The van der Waals surface area contributed by atoms with Crippen LogP contribution in [0.1, 0.15) is 33.1 Å². The fourth-order valence-corrected chi connectivity index (χ4v) is 1.79. The third-order valence-corrected chi connectivity index (χ3v) is 3.01. The molecule has 62 valence electrons. The molecule has 1 heteroatoms. The third-order valence-electron chi connectivity index (χ3n) is 3.01. The first-order valence-electron chi connectivity index (χ1n) is 4.66. The SMILES string of the molecule is CC1=C(C)CN(C2CC2)CC1. The van der Waals surface area contributed by atoms with Crippen molar-refractivity contribution in [3.8, 4) is 0 Å². The molecule has 0 aromatic rings. The van der Waals surface area contributed by atoms with Gasteiger partial charge in [-0.15, -0.1) is 0 Å². The first-order chi connectivity index (χ1) is 5.27. The summed E-state index contributed by atoms with van der Waals surface area (Å²) in [5, 5.41) is 0. The number of nitrogens with zero attached hydrogens (tertiary/aromatic N) is 1. The Labute approximate surface area is 69.1 Å². The van der Waals surface area contributed by atoms with Gasteiger partial charge in [-0.1, -0.05) is 11.1 Å². The van der Waals surface area contributed by atoms with Crippen molar-refractivity contribution >= 4 is 0 Å². The van der Waals surface area contributed by atoms with Gasteiger partial charge >= 0.3 is 0 Å². The number of rotatable bonds is 1. The first kappa shape index (κ1) is 7.35. The summed E-state index contributed by atoms with van der Waals surface area (Å²) < 4.78 is 0. The maximum Gasteiger partial charge on any atom is 0.0195 e. The fourth-order valence-electron chi connectivity index (χ4n) is 1.79. The van der Waals surface area contributed by atoms with E-state index in [1.165, 1.54) is 32.4 Å². The van der Waals surface area contributed by atoms with E-state index in [2.05, 4.69) is 18.7 Å². The summed E-state index contributed by atoms with van der Waals surface area (Å²) in [6.07, 6.45) is 4.21. The van der Waals surface area contributed by atoms with Crippen LogP contribution in [0.2, 0.25) is 0 Å². The first-order valence-corrected chi connectivity index (χ1v) is 4.66. The summed E-state index contributed by atoms with van der Waals surface area (Å²) in [6, 6.07) is 0.957. The predicted molar refractivity (Wildman–Crippen MR) is 47.6 cm³/mol. The highest BCUT2D eigenvalue weighted by atomic mass is 15.2. The molecule has 0 bridgehead atoms. The van der Waals surface area contributed by atoms with Crippen LogP contribution in [0.5, 0.6) is 0 Å². The van der Waals surface area contributed by atoms with Gasteiger partial charge in [-0.3, -0.25) is 4.90 Å². The van der Waals surface area contributed by atoms with Crippen molar-refractivity contribution in [2.75, 3.05) is 13.1 Å². The second-order valence-corrected chi connectivity index (χ2v) is 4.01. The Kier molecular flexibility index (Phi) is 1.76. The average Bonchev–Trinajstić information content (AvgIpc) is 2.77. The minimum atomic E-state index is 0.957. The van der Waals surface area contributed by atoms with E-state index in [1.54, 1.807) is 11.1 Å². The van der Waals surface area contributed by atoms with E-state index in [1.807, 2.05) is 0 Å². The zero-order valence-corrected chi connectivity index (χ0v) is 7.56. The van der Waals surface area contributed by atoms with Gasteiger partial charge in [-0.2, -0.15) is 0 Å². The normalized spacial score (nSPS) is 27.8. The highest BCUT2D eigenvalue weighted by Crippen LogP contribution is 2.30. The van der Waals surface area contributed by atoms with Crippen molar-refractivity contribution in [2.24, 2.45) is 0 Å². The summed E-state index contributed by atoms with van der Waals surface area (Å²) in [6.45, 7) is 7.12. The van der Waals surface area contributed by atoms with Crippen molar-refractivity contribution in [1.29, 1.82) is 0 Å². The quantitative estimate of drug-likeness (QED) is 0.519. The average molecular weight is 151 g/mol. The molecule has 0 unspecified atom stereocenters. The van der Waals surface area contributed by atoms with E-state index >= 15 is 0 Å². The summed E-state index contributed by atoms with van der Waals surface area (Å²) in [5.41, 5.74) is 3.24. The lowest BCUT2D eigenvalue weighted by Gasteiger charge is -2.28. The molecule has 11 heavy (non-hydrogen) atoms. The minimum absolute atomic E-state index is 0.957. The number of hydrogen-bond donors (Lipinski definition) is 0. The molecule has 2 aliphatic rings. The van der Waals surface area contributed by atoms with Crippen LogP contribution in [-0.4, -0.2) is 24.0 Å². The predicted octanol–water partition coefficient (Wildman–Crippen LogP) is 2.19. The summed E-state index contributed by atoms with van der Waals surface area (Å²) in [4.78, 5) is 2.64. The van der Waals surface area contributed by atoms with E-state index in [0.717, 1.165) is 6.04 Å². The van der Waals surface area contributed by atoms with Crippen molar-refractivity contribution in [3.05, 3.63) is 11.1 Å². The summed E-state index contributed by atoms with van der Waals surface area (Å²) >= 11 is 0. The summed E-state index contributed by atoms with van der Waals surface area (Å²) in [7, 11) is 0. The van der Waals surface area contributed by atoms with Gasteiger partial charge in [-0.05, 0) is 33.1 Å². The van der Waals surface area contributed by atoms with Gasteiger partial charge < -0.3 is 0 Å². The Morgan fingerprint density at radius 1 is 1.18 bits per heavy atom. The maximum atomic E-state index is 2.64. The van der Waals surface area contributed by atoms with Crippen molar-refractivity contribution in [3.63, 3.8) is 0 Å². The lowest BCUT2D eigenvalue weighted by atomic mass is 10.0. The monoisotopic (exact) mass is 151 g/mol. The molecule has 0 amide bonds. The van der Waals surface area contributed by atoms with E-state index < -0.39 is 0 Å². The van der Waals surface area contributed by atoms with Crippen LogP contribution in [0.3, 0.4) is 0 Å². The van der Waals surface area contributed by atoms with Crippen molar-refractivity contribution in [2.45, 2.75) is 39.2 Å². The Morgan fingerprint density at radius 3 is 2.45 bits per heavy atom. The Morgan fingerprint density at radius 2 is 1.91 bits per heavy atom. The minimum Gasteiger partial charge on any atom is -0.296 e. The molecule has 0 atom stereocenters. The zero-order chi connectivity index (χ0) is 7.84. The molecule has 0 saturated heterocycles. The Balaban J connectivity index is 2.00. The lowest BCUT2D eigenvalue weighted by Crippen LogP contribution is -2.32. The van der Waals surface area contributed by atoms with Gasteiger partial charge in [0.2, 0.25) is 0 Å². The van der Waals surface area contributed by atoms with Crippen molar-refractivity contribution in [1.82, 2.24) is 4.90 Å². The molecule has 0 N–H and O–H groups in total. The zero-order valence-electron chi connectivity index (χ0n) is 7.56. The van der Waals surface area contributed by atoms with Crippen LogP contribution >= 0.6 is 0 Å². The molecule has 1 heterocycles. The van der Waals surface area contributed by atoms with Gasteiger partial charge in [0, 0.05) is 19.1 Å². The molecule has 2 rings (SSSR count). The van der Waals surface area contributed by atoms with Crippen LogP contribution in [0, 0.1) is 0 Å². The summed E-state index contributed by atoms with van der Waals surface area (Å²) in [5.74, 6) is 0. The van der Waals surface area contributed by atoms with Gasteiger partial charge in [0.15, 0.2) is 0 Å². The van der Waals surface area contributed by atoms with E-state index in [-0.39, 0.29) is 0 Å². The molecule has 0 radical (unpaired) electrons. The molecular formula is C10H17N. The van der Waals surface area contributed by atoms with E-state index in [9.17, 15) is 0 Å². The highest BCUT2D eigenvalue weighted by molar-refractivity contribution is 5.15. The standard InChI is InChI=1S/C10H17N/c1-8-5-6-11(7-9(8)2)10-3-4-10/h10H,3-7H2,1-2H3. The topological polar surface area (TPSA) is 3.24 Å². The van der Waals surface area contributed by atoms with Crippen LogP contribution in [0.15, 0.2) is 11.1 Å². The largest absolute Gasteiger partial charge is 0.296 e. The van der Waals surface area contributed by atoms with Gasteiger partial charge in [0.1, 0.15) is 0 Å². The number of hydrogen-bond acceptors (Lipinski definition) is 1. The van der Waals surface area contributed by atoms with Crippen LogP contribution in [0.4, 0.5) is 0 Å². The fraction of sp³-hybridized carbons (Fsp3) is 0.800. The molecule has 0 aromatic carbocycles. The third kappa shape index (κ3) is 1.48. The smallest absolute Gasteiger partial charge is 0.0195 e. The Hall–Kier alpha value is -0.300. The second kappa shape index (κ2) is 2.63. The van der Waals surface area contributed by atoms with Gasteiger partial charge in [-0.25, -0.2) is 0 Å². The van der Waals surface area contributed by atoms with Crippen LogP contribution < -0.4 is 0 Å². The lowest BCUT2D eigenvalue weighted by molar-refractivity contribution is 0.275. The highest BCUT2D eigenvalue weighted by Gasteiger charge is 2.30. The van der Waals surface area contributed by atoms with Crippen LogP contribution in [-0.2, 0) is 0 Å². The molecule has 1 nitrogen and oxygen atoms in total. The van der Waals surface area contributed by atoms with Crippen molar-refractivity contribution < 1.29 is 0 Å². The molecule has 1 aliphatic carbocycles. The maximum absolute atomic E-state index is 2.64. The van der Waals surface area contributed by atoms with Gasteiger partial charge in [0.25, 0.3) is 0 Å². The van der Waals surface area contributed by atoms with Crippen LogP contribution in [0.25, 0.3) is 0 Å². The molecule has 1 fully saturated rings. The Bertz CT molecular complexity index is 189. The molecule has 1 saturated carbocycles.